The second-order valence-corrected chi connectivity index (χ2v) is 6.72. The summed E-state index contributed by atoms with van der Waals surface area (Å²) in [5.74, 6) is -0.0178. The van der Waals surface area contributed by atoms with E-state index in [9.17, 15) is 14.4 Å². The number of halogens is 1. The number of carbonyl (C=O) groups excluding carboxylic acids is 1. The van der Waals surface area contributed by atoms with Crippen molar-refractivity contribution in [2.45, 2.75) is 45.7 Å². The molecular formula is C19H27ClN4O3. The van der Waals surface area contributed by atoms with Crippen LogP contribution in [0.25, 0.3) is 11.0 Å². The minimum absolute atomic E-state index is 0. The Kier molecular flexibility index (Phi) is 7.21. The average molecular weight is 395 g/mol. The molecule has 1 amide bonds. The maximum atomic E-state index is 13.1. The first-order valence-corrected chi connectivity index (χ1v) is 9.35. The van der Waals surface area contributed by atoms with Crippen LogP contribution in [0.3, 0.4) is 0 Å². The lowest BCUT2D eigenvalue weighted by atomic mass is 10.0. The van der Waals surface area contributed by atoms with Gasteiger partial charge < -0.3 is 19.8 Å². The first-order valence-electron chi connectivity index (χ1n) is 9.35. The highest BCUT2D eigenvalue weighted by molar-refractivity contribution is 5.97. The molecule has 1 saturated heterocycles. The highest BCUT2D eigenvalue weighted by atomic mass is 35.5. The molecule has 1 aromatic heterocycles. The van der Waals surface area contributed by atoms with Gasteiger partial charge in [0.15, 0.2) is 0 Å². The second-order valence-electron chi connectivity index (χ2n) is 6.72. The van der Waals surface area contributed by atoms with Crippen LogP contribution in [0.15, 0.2) is 27.8 Å². The van der Waals surface area contributed by atoms with Crippen LogP contribution in [0.1, 0.15) is 43.5 Å². The number of rotatable bonds is 5. The molecule has 148 valence electrons. The Bertz CT molecular complexity index is 915. The van der Waals surface area contributed by atoms with Crippen LogP contribution in [0, 0.1) is 0 Å². The molecule has 2 N–H and O–H groups in total. The predicted molar refractivity (Wildman–Crippen MR) is 109 cm³/mol. The van der Waals surface area contributed by atoms with Crippen molar-refractivity contribution in [3.63, 3.8) is 0 Å². The topological polar surface area (TPSA) is 87.2 Å². The summed E-state index contributed by atoms with van der Waals surface area (Å²) in [5, 5.41) is 3.33. The number of piperidine rings is 1. The van der Waals surface area contributed by atoms with E-state index >= 15 is 0 Å². The molecule has 0 bridgehead atoms. The number of hydrogen-bond donors (Lipinski definition) is 2. The fourth-order valence-corrected chi connectivity index (χ4v) is 3.70. The Labute approximate surface area is 164 Å². The summed E-state index contributed by atoms with van der Waals surface area (Å²) in [4.78, 5) is 41.5. The Hall–Kier alpha value is -2.12. The SMILES string of the molecule is CCCN(C(=O)c1ccc2c(c1)[nH]c(=O)c(=O)n2CC)C1CCNCC1.Cl. The van der Waals surface area contributed by atoms with E-state index < -0.39 is 11.1 Å². The van der Waals surface area contributed by atoms with Gasteiger partial charge in [-0.25, -0.2) is 0 Å². The van der Waals surface area contributed by atoms with Crippen molar-refractivity contribution in [2.24, 2.45) is 0 Å². The van der Waals surface area contributed by atoms with Crippen LogP contribution >= 0.6 is 12.4 Å². The van der Waals surface area contributed by atoms with Crippen molar-refractivity contribution in [1.82, 2.24) is 19.8 Å². The smallest absolute Gasteiger partial charge is 0.316 e. The maximum absolute atomic E-state index is 13.1. The first-order chi connectivity index (χ1) is 12.6. The minimum Gasteiger partial charge on any atom is -0.336 e. The number of aromatic amines is 1. The molecule has 3 rings (SSSR count). The van der Waals surface area contributed by atoms with Crippen molar-refractivity contribution in [2.75, 3.05) is 19.6 Å². The molecular weight excluding hydrogens is 368 g/mol. The largest absolute Gasteiger partial charge is 0.336 e. The van der Waals surface area contributed by atoms with Gasteiger partial charge in [-0.05, 0) is 57.5 Å². The van der Waals surface area contributed by atoms with E-state index in [1.165, 1.54) is 4.57 Å². The number of aromatic nitrogens is 2. The summed E-state index contributed by atoms with van der Waals surface area (Å²) in [6, 6.07) is 5.42. The molecule has 2 heterocycles. The first kappa shape index (κ1) is 21.2. The lowest BCUT2D eigenvalue weighted by Gasteiger charge is -2.34. The summed E-state index contributed by atoms with van der Waals surface area (Å²) in [6.45, 7) is 6.85. The zero-order valence-electron chi connectivity index (χ0n) is 15.8. The highest BCUT2D eigenvalue weighted by Crippen LogP contribution is 2.19. The molecule has 1 aromatic carbocycles. The van der Waals surface area contributed by atoms with Gasteiger partial charge in [-0.2, -0.15) is 0 Å². The van der Waals surface area contributed by atoms with Gasteiger partial charge in [0.1, 0.15) is 0 Å². The van der Waals surface area contributed by atoms with Crippen molar-refractivity contribution in [3.05, 3.63) is 44.5 Å². The quantitative estimate of drug-likeness (QED) is 0.756. The number of H-pyrrole nitrogens is 1. The van der Waals surface area contributed by atoms with Gasteiger partial charge in [0.05, 0.1) is 11.0 Å². The Morgan fingerprint density at radius 2 is 1.93 bits per heavy atom. The molecule has 7 nitrogen and oxygen atoms in total. The number of amides is 1. The van der Waals surface area contributed by atoms with Gasteiger partial charge in [-0.15, -0.1) is 12.4 Å². The number of nitrogens with one attached hydrogen (secondary N) is 2. The fraction of sp³-hybridized carbons (Fsp3) is 0.526. The summed E-state index contributed by atoms with van der Waals surface area (Å²) < 4.78 is 1.43. The third-order valence-electron chi connectivity index (χ3n) is 5.01. The molecule has 0 atom stereocenters. The van der Waals surface area contributed by atoms with Crippen LogP contribution in [0.4, 0.5) is 0 Å². The summed E-state index contributed by atoms with van der Waals surface area (Å²) in [7, 11) is 0. The summed E-state index contributed by atoms with van der Waals surface area (Å²) >= 11 is 0. The molecule has 1 aliphatic rings. The number of fused-ring (bicyclic) bond motifs is 1. The molecule has 0 aliphatic carbocycles. The molecule has 0 spiro atoms. The standard InChI is InChI=1S/C19H26N4O3.ClH/c1-3-11-23(14-7-9-20-10-8-14)18(25)13-5-6-16-15(12-13)21-17(24)19(26)22(16)4-2;/h5-6,12,14,20H,3-4,7-11H2,1-2H3,(H,21,24);1H. The molecule has 0 saturated carbocycles. The van der Waals surface area contributed by atoms with Gasteiger partial charge in [-0.3, -0.25) is 14.4 Å². The van der Waals surface area contributed by atoms with E-state index in [0.29, 0.717) is 29.7 Å². The normalized spacial score (nSPS) is 14.7. The van der Waals surface area contributed by atoms with Crippen LogP contribution in [-0.4, -0.2) is 46.0 Å². The minimum atomic E-state index is -0.660. The van der Waals surface area contributed by atoms with E-state index in [0.717, 1.165) is 32.4 Å². The number of carbonyl (C=O) groups is 1. The molecule has 0 radical (unpaired) electrons. The van der Waals surface area contributed by atoms with Crippen molar-refractivity contribution >= 4 is 29.3 Å². The van der Waals surface area contributed by atoms with Gasteiger partial charge in [0.2, 0.25) is 0 Å². The lowest BCUT2D eigenvalue weighted by molar-refractivity contribution is 0.0643. The number of hydrogen-bond acceptors (Lipinski definition) is 4. The van der Waals surface area contributed by atoms with E-state index in [2.05, 4.69) is 17.2 Å². The van der Waals surface area contributed by atoms with E-state index in [-0.39, 0.29) is 24.4 Å². The molecule has 0 unspecified atom stereocenters. The summed E-state index contributed by atoms with van der Waals surface area (Å²) in [5.41, 5.74) is 0.470. The van der Waals surface area contributed by atoms with Gasteiger partial charge in [0.25, 0.3) is 5.91 Å². The van der Waals surface area contributed by atoms with Crippen molar-refractivity contribution < 1.29 is 4.79 Å². The zero-order chi connectivity index (χ0) is 18.7. The zero-order valence-corrected chi connectivity index (χ0v) is 16.6. The van der Waals surface area contributed by atoms with Crippen LogP contribution in [-0.2, 0) is 6.54 Å². The molecule has 8 heteroatoms. The Morgan fingerprint density at radius 1 is 1.22 bits per heavy atom. The van der Waals surface area contributed by atoms with Crippen LogP contribution in [0.2, 0.25) is 0 Å². The number of benzene rings is 1. The monoisotopic (exact) mass is 394 g/mol. The Balaban J connectivity index is 0.00000261. The van der Waals surface area contributed by atoms with Gasteiger partial charge >= 0.3 is 11.1 Å². The fourth-order valence-electron chi connectivity index (χ4n) is 3.70. The van der Waals surface area contributed by atoms with Crippen LogP contribution < -0.4 is 16.4 Å². The maximum Gasteiger partial charge on any atom is 0.316 e. The van der Waals surface area contributed by atoms with Crippen molar-refractivity contribution in [3.8, 4) is 0 Å². The van der Waals surface area contributed by atoms with Crippen molar-refractivity contribution in [1.29, 1.82) is 0 Å². The molecule has 27 heavy (non-hydrogen) atoms. The molecule has 2 aromatic rings. The van der Waals surface area contributed by atoms with E-state index in [1.807, 2.05) is 11.8 Å². The third-order valence-corrected chi connectivity index (χ3v) is 5.01. The molecule has 1 aliphatic heterocycles. The molecule has 1 fully saturated rings. The van der Waals surface area contributed by atoms with Gasteiger partial charge in [0, 0.05) is 24.7 Å². The lowest BCUT2D eigenvalue weighted by Crippen LogP contribution is -2.46. The highest BCUT2D eigenvalue weighted by Gasteiger charge is 2.25. The van der Waals surface area contributed by atoms with E-state index in [1.54, 1.807) is 18.2 Å². The number of aryl methyl sites for hydroxylation is 1. The summed E-state index contributed by atoms with van der Waals surface area (Å²) in [6.07, 6.45) is 2.80. The number of nitrogens with zero attached hydrogens (tertiary/aromatic N) is 2. The predicted octanol–water partition coefficient (Wildman–Crippen LogP) is 1.74. The van der Waals surface area contributed by atoms with Crippen LogP contribution in [0.5, 0.6) is 0 Å². The van der Waals surface area contributed by atoms with E-state index in [4.69, 9.17) is 0 Å². The second kappa shape index (κ2) is 9.19. The average Bonchev–Trinajstić information content (AvgIpc) is 2.67. The van der Waals surface area contributed by atoms with Gasteiger partial charge in [-0.1, -0.05) is 6.92 Å². The Morgan fingerprint density at radius 3 is 2.56 bits per heavy atom. The third kappa shape index (κ3) is 4.25.